The van der Waals surface area contributed by atoms with Crippen LogP contribution in [0.2, 0.25) is 0 Å². The molecule has 2 aromatic rings. The summed E-state index contributed by atoms with van der Waals surface area (Å²) in [5.41, 5.74) is 6.74. The van der Waals surface area contributed by atoms with Crippen LogP contribution >= 0.6 is 0 Å². The summed E-state index contributed by atoms with van der Waals surface area (Å²) in [6.45, 7) is 1.92. The Morgan fingerprint density at radius 2 is 1.72 bits per heavy atom. The summed E-state index contributed by atoms with van der Waals surface area (Å²) in [6.07, 6.45) is 1.73. The Balaban J connectivity index is 2.08. The van der Waals surface area contributed by atoms with Gasteiger partial charge in [-0.05, 0) is 36.8 Å². The number of hydrogen-bond acceptors (Lipinski definition) is 4. The van der Waals surface area contributed by atoms with E-state index >= 15 is 0 Å². The summed E-state index contributed by atoms with van der Waals surface area (Å²) in [7, 11) is 1.63. The van der Waals surface area contributed by atoms with Gasteiger partial charge in [0.1, 0.15) is 11.5 Å². The maximum atomic E-state index is 5.75. The second-order valence-electron chi connectivity index (χ2n) is 4.00. The molecule has 2 N–H and O–H groups in total. The van der Waals surface area contributed by atoms with Crippen molar-refractivity contribution in [2.75, 3.05) is 7.11 Å². The van der Waals surface area contributed by atoms with Gasteiger partial charge in [0.15, 0.2) is 0 Å². The quantitative estimate of drug-likeness (QED) is 0.898. The largest absolute Gasteiger partial charge is 0.497 e. The Bertz CT molecular complexity index is 492. The lowest BCUT2D eigenvalue weighted by Crippen LogP contribution is -2.05. The van der Waals surface area contributed by atoms with Crippen LogP contribution in [-0.2, 0) is 0 Å². The highest BCUT2D eigenvalue weighted by atomic mass is 16.5. The molecule has 0 radical (unpaired) electrons. The molecule has 0 saturated carbocycles. The predicted molar refractivity (Wildman–Crippen MR) is 69.9 cm³/mol. The van der Waals surface area contributed by atoms with Crippen LogP contribution in [0.1, 0.15) is 18.5 Å². The molecule has 0 saturated heterocycles. The van der Waals surface area contributed by atoms with E-state index in [0.29, 0.717) is 5.88 Å². The van der Waals surface area contributed by atoms with Crippen LogP contribution in [0.4, 0.5) is 0 Å². The van der Waals surface area contributed by atoms with E-state index in [1.165, 1.54) is 0 Å². The van der Waals surface area contributed by atoms with Gasteiger partial charge in [0, 0.05) is 18.3 Å². The van der Waals surface area contributed by atoms with Crippen molar-refractivity contribution in [3.05, 3.63) is 48.2 Å². The van der Waals surface area contributed by atoms with E-state index in [2.05, 4.69) is 4.98 Å². The van der Waals surface area contributed by atoms with E-state index in [1.54, 1.807) is 13.3 Å². The fourth-order valence-corrected chi connectivity index (χ4v) is 1.49. The minimum atomic E-state index is -0.0208. The Morgan fingerprint density at radius 3 is 2.22 bits per heavy atom. The Morgan fingerprint density at radius 1 is 1.06 bits per heavy atom. The highest BCUT2D eigenvalue weighted by molar-refractivity contribution is 5.33. The monoisotopic (exact) mass is 244 g/mol. The van der Waals surface area contributed by atoms with Gasteiger partial charge in [0.2, 0.25) is 5.88 Å². The molecule has 0 aliphatic heterocycles. The number of nitrogens with two attached hydrogens (primary N) is 1. The molecule has 0 aliphatic rings. The Labute approximate surface area is 106 Å². The van der Waals surface area contributed by atoms with Crippen LogP contribution < -0.4 is 15.2 Å². The first-order chi connectivity index (χ1) is 8.69. The number of hydrogen-bond donors (Lipinski definition) is 1. The summed E-state index contributed by atoms with van der Waals surface area (Å²) < 4.78 is 10.7. The van der Waals surface area contributed by atoms with Crippen LogP contribution in [0.25, 0.3) is 0 Å². The molecule has 0 amide bonds. The molecule has 18 heavy (non-hydrogen) atoms. The minimum Gasteiger partial charge on any atom is -0.497 e. The number of benzene rings is 1. The van der Waals surface area contributed by atoms with Crippen molar-refractivity contribution in [1.29, 1.82) is 0 Å². The summed E-state index contributed by atoms with van der Waals surface area (Å²) in [6, 6.07) is 11.0. The molecule has 1 atom stereocenters. The van der Waals surface area contributed by atoms with Gasteiger partial charge in [-0.2, -0.15) is 0 Å². The molecule has 4 heteroatoms. The molecule has 0 spiro atoms. The molecule has 1 aromatic heterocycles. The van der Waals surface area contributed by atoms with Gasteiger partial charge < -0.3 is 15.2 Å². The van der Waals surface area contributed by atoms with Crippen molar-refractivity contribution >= 4 is 0 Å². The first-order valence-corrected chi connectivity index (χ1v) is 5.72. The van der Waals surface area contributed by atoms with Gasteiger partial charge in [-0.3, -0.25) is 0 Å². The molecule has 1 heterocycles. The zero-order valence-corrected chi connectivity index (χ0v) is 10.5. The lowest BCUT2D eigenvalue weighted by molar-refractivity contribution is 0.412. The van der Waals surface area contributed by atoms with Crippen LogP contribution in [0.5, 0.6) is 17.4 Å². The standard InChI is InChI=1S/C14H16N2O2/c1-10(15)11-3-8-14(16-9-11)18-13-6-4-12(17-2)5-7-13/h3-10H,15H2,1-2H3/t10-/m1/s1. The van der Waals surface area contributed by atoms with Crippen molar-refractivity contribution in [3.63, 3.8) is 0 Å². The molecule has 0 bridgehead atoms. The molecule has 0 fully saturated rings. The van der Waals surface area contributed by atoms with Crippen molar-refractivity contribution in [2.45, 2.75) is 13.0 Å². The molecular formula is C14H16N2O2. The highest BCUT2D eigenvalue weighted by Crippen LogP contribution is 2.22. The summed E-state index contributed by atoms with van der Waals surface area (Å²) in [4.78, 5) is 4.20. The fraction of sp³-hybridized carbons (Fsp3) is 0.214. The third kappa shape index (κ3) is 2.99. The second-order valence-corrected chi connectivity index (χ2v) is 4.00. The van der Waals surface area contributed by atoms with E-state index < -0.39 is 0 Å². The van der Waals surface area contributed by atoms with E-state index in [1.807, 2.05) is 43.3 Å². The number of ether oxygens (including phenoxy) is 2. The highest BCUT2D eigenvalue weighted by Gasteiger charge is 2.02. The number of methoxy groups -OCH3 is 1. The zero-order valence-electron chi connectivity index (χ0n) is 10.5. The first kappa shape index (κ1) is 12.4. The van der Waals surface area contributed by atoms with E-state index in [4.69, 9.17) is 15.2 Å². The van der Waals surface area contributed by atoms with Gasteiger partial charge in [-0.25, -0.2) is 4.98 Å². The topological polar surface area (TPSA) is 57.4 Å². The van der Waals surface area contributed by atoms with E-state index in [0.717, 1.165) is 17.1 Å². The molecule has 0 unspecified atom stereocenters. The molecular weight excluding hydrogens is 228 g/mol. The first-order valence-electron chi connectivity index (χ1n) is 5.72. The maximum Gasteiger partial charge on any atom is 0.219 e. The van der Waals surface area contributed by atoms with Crippen molar-refractivity contribution in [3.8, 4) is 17.4 Å². The average molecular weight is 244 g/mol. The lowest BCUT2D eigenvalue weighted by atomic mass is 10.2. The van der Waals surface area contributed by atoms with Crippen LogP contribution in [0.3, 0.4) is 0 Å². The van der Waals surface area contributed by atoms with Gasteiger partial charge in [-0.15, -0.1) is 0 Å². The SMILES string of the molecule is COc1ccc(Oc2ccc([C@@H](C)N)cn2)cc1. The molecule has 2 rings (SSSR count). The Kier molecular flexibility index (Phi) is 3.79. The second kappa shape index (κ2) is 5.51. The normalized spacial score (nSPS) is 11.9. The Hall–Kier alpha value is -2.07. The molecule has 4 nitrogen and oxygen atoms in total. The molecule has 0 aliphatic carbocycles. The predicted octanol–water partition coefficient (Wildman–Crippen LogP) is 2.90. The molecule has 94 valence electrons. The third-order valence-corrected chi connectivity index (χ3v) is 2.57. The summed E-state index contributed by atoms with van der Waals surface area (Å²) in [5.74, 6) is 2.06. The van der Waals surface area contributed by atoms with Gasteiger partial charge >= 0.3 is 0 Å². The van der Waals surface area contributed by atoms with Crippen molar-refractivity contribution < 1.29 is 9.47 Å². The third-order valence-electron chi connectivity index (χ3n) is 2.57. The maximum absolute atomic E-state index is 5.75. The van der Waals surface area contributed by atoms with Crippen LogP contribution in [0.15, 0.2) is 42.6 Å². The number of pyridine rings is 1. The lowest BCUT2D eigenvalue weighted by Gasteiger charge is -2.08. The summed E-state index contributed by atoms with van der Waals surface area (Å²) in [5, 5.41) is 0. The van der Waals surface area contributed by atoms with Crippen LogP contribution in [0, 0.1) is 0 Å². The average Bonchev–Trinajstić information content (AvgIpc) is 2.40. The smallest absolute Gasteiger partial charge is 0.219 e. The number of nitrogens with zero attached hydrogens (tertiary/aromatic N) is 1. The van der Waals surface area contributed by atoms with Gasteiger partial charge in [-0.1, -0.05) is 6.07 Å². The van der Waals surface area contributed by atoms with Gasteiger partial charge in [0.05, 0.1) is 7.11 Å². The zero-order chi connectivity index (χ0) is 13.0. The molecule has 1 aromatic carbocycles. The minimum absolute atomic E-state index is 0.0208. The van der Waals surface area contributed by atoms with Crippen molar-refractivity contribution in [2.24, 2.45) is 5.73 Å². The van der Waals surface area contributed by atoms with Crippen LogP contribution in [-0.4, -0.2) is 12.1 Å². The van der Waals surface area contributed by atoms with E-state index in [9.17, 15) is 0 Å². The van der Waals surface area contributed by atoms with Crippen molar-refractivity contribution in [1.82, 2.24) is 4.98 Å². The number of rotatable bonds is 4. The van der Waals surface area contributed by atoms with E-state index in [-0.39, 0.29) is 6.04 Å². The fourth-order valence-electron chi connectivity index (χ4n) is 1.49. The number of aromatic nitrogens is 1. The summed E-state index contributed by atoms with van der Waals surface area (Å²) >= 11 is 0. The van der Waals surface area contributed by atoms with Gasteiger partial charge in [0.25, 0.3) is 0 Å².